The van der Waals surface area contributed by atoms with Gasteiger partial charge < -0.3 is 10.2 Å². The van der Waals surface area contributed by atoms with Gasteiger partial charge in [-0.1, -0.05) is 24.3 Å². The van der Waals surface area contributed by atoms with Crippen LogP contribution in [0.1, 0.15) is 40.7 Å². The van der Waals surface area contributed by atoms with Crippen LogP contribution in [0.5, 0.6) is 0 Å². The van der Waals surface area contributed by atoms with Gasteiger partial charge in [-0.2, -0.15) is 0 Å². The Labute approximate surface area is 191 Å². The smallest absolute Gasteiger partial charge is 0.259 e. The van der Waals surface area contributed by atoms with Crippen molar-refractivity contribution in [2.45, 2.75) is 39.0 Å². The fourth-order valence-electron chi connectivity index (χ4n) is 4.27. The van der Waals surface area contributed by atoms with E-state index in [1.54, 1.807) is 37.1 Å². The average Bonchev–Trinajstić information content (AvgIpc) is 2.93. The first-order chi connectivity index (χ1) is 15.7. The van der Waals surface area contributed by atoms with Crippen LogP contribution in [0.2, 0.25) is 0 Å². The van der Waals surface area contributed by atoms with Crippen LogP contribution < -0.4 is 10.2 Å². The van der Waals surface area contributed by atoms with E-state index in [0.29, 0.717) is 46.7 Å². The number of benzene rings is 2. The predicted molar refractivity (Wildman–Crippen MR) is 125 cm³/mol. The van der Waals surface area contributed by atoms with Crippen molar-refractivity contribution < 1.29 is 18.0 Å². The second kappa shape index (κ2) is 9.25. The number of hydrogen-bond acceptors (Lipinski definition) is 3. The minimum absolute atomic E-state index is 0.101. The molecule has 4 rings (SSSR count). The number of alkyl halides is 2. The second-order valence-electron chi connectivity index (χ2n) is 8.53. The molecular formula is C26H26F3N3O. The van der Waals surface area contributed by atoms with Crippen molar-refractivity contribution in [3.63, 3.8) is 0 Å². The van der Waals surface area contributed by atoms with Gasteiger partial charge in [0.15, 0.2) is 0 Å². The van der Waals surface area contributed by atoms with E-state index in [4.69, 9.17) is 0 Å². The van der Waals surface area contributed by atoms with Gasteiger partial charge in [0.25, 0.3) is 5.91 Å². The van der Waals surface area contributed by atoms with Crippen molar-refractivity contribution in [3.05, 3.63) is 77.2 Å². The largest absolute Gasteiger partial charge is 0.356 e. The minimum atomic E-state index is -2.73. The number of halogens is 3. The number of amides is 1. The maximum Gasteiger partial charge on any atom is 0.259 e. The van der Waals surface area contributed by atoms with Crippen molar-refractivity contribution in [1.29, 1.82) is 0 Å². The predicted octanol–water partition coefficient (Wildman–Crippen LogP) is 6.38. The highest BCUT2D eigenvalue weighted by atomic mass is 19.3. The molecule has 1 N–H and O–H groups in total. The number of anilines is 2. The lowest BCUT2D eigenvalue weighted by Gasteiger charge is -2.26. The number of aryl methyl sites for hydroxylation is 1. The molecule has 1 amide bonds. The number of carbonyl (C=O) groups is 1. The first-order valence-corrected chi connectivity index (χ1v) is 11.0. The van der Waals surface area contributed by atoms with Gasteiger partial charge in [-0.15, -0.1) is 0 Å². The number of para-hydroxylation sites is 1. The Hall–Kier alpha value is -3.35. The van der Waals surface area contributed by atoms with Gasteiger partial charge in [-0.05, 0) is 61.2 Å². The van der Waals surface area contributed by atoms with Crippen molar-refractivity contribution in [3.8, 4) is 11.1 Å². The molecule has 2 aromatic carbocycles. The fraction of sp³-hybridized carbons (Fsp3) is 0.308. The van der Waals surface area contributed by atoms with Crippen LogP contribution in [0.15, 0.2) is 54.7 Å². The number of hydrogen-bond donors (Lipinski definition) is 1. The maximum atomic E-state index is 14.1. The van der Waals surface area contributed by atoms with Crippen LogP contribution in [0.25, 0.3) is 11.1 Å². The SMILES string of the molecule is Cc1cc(F)cc(-c2cnc(N3CCCC(F)(F)CC3)c(C(=O)Nc3ccccc3)c2C)c1. The molecule has 0 atom stereocenters. The molecular weight excluding hydrogens is 427 g/mol. The van der Waals surface area contributed by atoms with Crippen molar-refractivity contribution in [2.24, 2.45) is 0 Å². The van der Waals surface area contributed by atoms with Crippen LogP contribution in [-0.4, -0.2) is 29.9 Å². The molecule has 1 aliphatic rings. The molecule has 0 unspecified atom stereocenters. The lowest BCUT2D eigenvalue weighted by molar-refractivity contribution is -0.0102. The van der Waals surface area contributed by atoms with E-state index < -0.39 is 5.92 Å². The molecule has 172 valence electrons. The summed E-state index contributed by atoms with van der Waals surface area (Å²) in [6.45, 7) is 4.06. The topological polar surface area (TPSA) is 45.2 Å². The second-order valence-corrected chi connectivity index (χ2v) is 8.53. The van der Waals surface area contributed by atoms with E-state index >= 15 is 0 Å². The normalized spacial score (nSPS) is 15.7. The molecule has 1 aliphatic heterocycles. The van der Waals surface area contributed by atoms with E-state index in [2.05, 4.69) is 10.3 Å². The number of nitrogens with zero attached hydrogens (tertiary/aromatic N) is 2. The van der Waals surface area contributed by atoms with Crippen LogP contribution in [0.4, 0.5) is 24.7 Å². The monoisotopic (exact) mass is 453 g/mol. The van der Waals surface area contributed by atoms with E-state index in [9.17, 15) is 18.0 Å². The zero-order valence-electron chi connectivity index (χ0n) is 18.7. The summed E-state index contributed by atoms with van der Waals surface area (Å²) in [4.78, 5) is 19.7. The maximum absolute atomic E-state index is 14.1. The van der Waals surface area contributed by atoms with Gasteiger partial charge in [0, 0.05) is 43.4 Å². The zero-order chi connectivity index (χ0) is 23.6. The van der Waals surface area contributed by atoms with Gasteiger partial charge in [0.1, 0.15) is 11.6 Å². The van der Waals surface area contributed by atoms with E-state index in [0.717, 1.165) is 5.56 Å². The van der Waals surface area contributed by atoms with Gasteiger partial charge in [0.2, 0.25) is 5.92 Å². The van der Waals surface area contributed by atoms with Gasteiger partial charge >= 0.3 is 0 Å². The Morgan fingerprint density at radius 2 is 1.82 bits per heavy atom. The molecule has 1 fully saturated rings. The third kappa shape index (κ3) is 5.18. The Morgan fingerprint density at radius 3 is 2.55 bits per heavy atom. The third-order valence-electron chi connectivity index (χ3n) is 5.95. The molecule has 1 aromatic heterocycles. The van der Waals surface area contributed by atoms with Crippen LogP contribution in [-0.2, 0) is 0 Å². The lowest BCUT2D eigenvalue weighted by atomic mass is 9.96. The van der Waals surface area contributed by atoms with E-state index in [-0.39, 0.29) is 31.1 Å². The molecule has 2 heterocycles. The van der Waals surface area contributed by atoms with Crippen molar-refractivity contribution in [1.82, 2.24) is 4.98 Å². The minimum Gasteiger partial charge on any atom is -0.356 e. The first-order valence-electron chi connectivity index (χ1n) is 11.0. The fourth-order valence-corrected chi connectivity index (χ4v) is 4.27. The standard InChI is InChI=1S/C26H26F3N3O/c1-17-13-19(15-20(27)14-17)22-16-30-24(32-11-6-9-26(28,29)10-12-32)23(18(22)2)25(33)31-21-7-4-3-5-8-21/h3-5,7-8,13-16H,6,9-12H2,1-2H3,(H,31,33). The summed E-state index contributed by atoms with van der Waals surface area (Å²) in [5.41, 5.74) is 3.53. The lowest BCUT2D eigenvalue weighted by Crippen LogP contribution is -2.30. The highest BCUT2D eigenvalue weighted by Gasteiger charge is 2.33. The van der Waals surface area contributed by atoms with Gasteiger partial charge in [-0.3, -0.25) is 4.79 Å². The number of carbonyl (C=O) groups excluding carboxylic acids is 1. The van der Waals surface area contributed by atoms with Gasteiger partial charge in [0.05, 0.1) is 5.56 Å². The average molecular weight is 454 g/mol. The quantitative estimate of drug-likeness (QED) is 0.498. The Morgan fingerprint density at radius 1 is 1.06 bits per heavy atom. The van der Waals surface area contributed by atoms with E-state index in [1.165, 1.54) is 12.1 Å². The number of aromatic nitrogens is 1. The summed E-state index contributed by atoms with van der Waals surface area (Å²) in [6.07, 6.45) is 1.42. The molecule has 3 aromatic rings. The first kappa shape index (κ1) is 22.8. The summed E-state index contributed by atoms with van der Waals surface area (Å²) in [5.74, 6) is -3.11. The van der Waals surface area contributed by atoms with Crippen LogP contribution >= 0.6 is 0 Å². The summed E-state index contributed by atoms with van der Waals surface area (Å²) >= 11 is 0. The highest BCUT2D eigenvalue weighted by Crippen LogP contribution is 2.35. The molecule has 33 heavy (non-hydrogen) atoms. The highest BCUT2D eigenvalue weighted by molar-refractivity contribution is 6.09. The van der Waals surface area contributed by atoms with Gasteiger partial charge in [-0.25, -0.2) is 18.2 Å². The molecule has 0 aliphatic carbocycles. The number of rotatable bonds is 4. The Kier molecular flexibility index (Phi) is 6.40. The van der Waals surface area contributed by atoms with E-state index in [1.807, 2.05) is 24.3 Å². The number of nitrogens with one attached hydrogen (secondary N) is 1. The molecule has 0 spiro atoms. The molecule has 1 saturated heterocycles. The third-order valence-corrected chi connectivity index (χ3v) is 5.95. The number of pyridine rings is 1. The molecule has 7 heteroatoms. The zero-order valence-corrected chi connectivity index (χ0v) is 18.7. The Balaban J connectivity index is 1.80. The Bertz CT molecular complexity index is 1140. The molecule has 0 bridgehead atoms. The summed E-state index contributed by atoms with van der Waals surface area (Å²) in [5, 5.41) is 2.88. The molecule has 4 nitrogen and oxygen atoms in total. The van der Waals surface area contributed by atoms with Crippen molar-refractivity contribution in [2.75, 3.05) is 23.3 Å². The van der Waals surface area contributed by atoms with Crippen LogP contribution in [0, 0.1) is 19.7 Å². The summed E-state index contributed by atoms with van der Waals surface area (Å²) in [7, 11) is 0. The molecule has 0 radical (unpaired) electrons. The summed E-state index contributed by atoms with van der Waals surface area (Å²) in [6, 6.07) is 13.7. The van der Waals surface area contributed by atoms with Crippen LogP contribution in [0.3, 0.4) is 0 Å². The molecule has 0 saturated carbocycles. The summed E-state index contributed by atoms with van der Waals surface area (Å²) < 4.78 is 42.1. The van der Waals surface area contributed by atoms with Crippen molar-refractivity contribution >= 4 is 17.4 Å².